The predicted molar refractivity (Wildman–Crippen MR) is 78.5 cm³/mol. The number of nitriles is 1. The summed E-state index contributed by atoms with van der Waals surface area (Å²) in [5.41, 5.74) is 6.75. The van der Waals surface area contributed by atoms with E-state index in [9.17, 15) is 4.79 Å². The van der Waals surface area contributed by atoms with E-state index in [4.69, 9.17) is 11.0 Å². The van der Waals surface area contributed by atoms with E-state index in [-0.39, 0.29) is 0 Å². The molecule has 0 saturated heterocycles. The van der Waals surface area contributed by atoms with Crippen LogP contribution in [0.25, 0.3) is 0 Å². The third-order valence-electron chi connectivity index (χ3n) is 1.98. The van der Waals surface area contributed by atoms with Crippen molar-refractivity contribution in [3.05, 3.63) is 18.2 Å². The number of nitrogens with two attached hydrogens (primary N) is 1. The maximum absolute atomic E-state index is 11.1. The Bertz CT molecular complexity index is 540. The Morgan fingerprint density at radius 2 is 2.32 bits per heavy atom. The highest BCUT2D eigenvalue weighted by molar-refractivity contribution is 8.13. The van der Waals surface area contributed by atoms with Gasteiger partial charge >= 0.3 is 6.09 Å². The number of amides is 1. The number of alkyl carbamates (subject to hydrolysis) is 1. The lowest BCUT2D eigenvalue weighted by molar-refractivity contribution is 0.177. The number of thiocyanates is 1. The average molecular weight is 296 g/mol. The molecule has 0 bridgehead atoms. The summed E-state index contributed by atoms with van der Waals surface area (Å²) in [7, 11) is 1.27. The van der Waals surface area contributed by atoms with Gasteiger partial charge in [-0.1, -0.05) is 11.8 Å². The summed E-state index contributed by atoms with van der Waals surface area (Å²) in [6.07, 6.45) is 1.16. The minimum atomic E-state index is -0.603. The van der Waals surface area contributed by atoms with Gasteiger partial charge in [0.1, 0.15) is 5.40 Å². The van der Waals surface area contributed by atoms with E-state index in [1.165, 1.54) is 18.9 Å². The molecule has 0 spiro atoms. The molecule has 0 fully saturated rings. The Hall–Kier alpha value is -1.85. The van der Waals surface area contributed by atoms with Crippen LogP contribution in [-0.4, -0.2) is 24.6 Å². The van der Waals surface area contributed by atoms with Gasteiger partial charge < -0.3 is 10.5 Å². The molecule has 0 aliphatic heterocycles. The number of amidine groups is 1. The van der Waals surface area contributed by atoms with Gasteiger partial charge in [0.2, 0.25) is 0 Å². The number of aliphatic imine (C=N–C) groups is 1. The molecule has 1 aromatic carbocycles. The number of carbonyl (C=O) groups is 1. The molecule has 1 amide bonds. The molecule has 19 heavy (non-hydrogen) atoms. The van der Waals surface area contributed by atoms with Crippen molar-refractivity contribution in [2.45, 2.75) is 4.90 Å². The summed E-state index contributed by atoms with van der Waals surface area (Å²) >= 11 is 2.26. The molecule has 0 aromatic heterocycles. The highest BCUT2D eigenvalue weighted by Crippen LogP contribution is 2.28. The molecule has 1 rings (SSSR count). The summed E-state index contributed by atoms with van der Waals surface area (Å²) in [6.45, 7) is 0. The maximum atomic E-state index is 11.1. The quantitative estimate of drug-likeness (QED) is 0.286. The fraction of sp³-hybridized carbons (Fsp3) is 0.182. The Labute approximate surface area is 119 Å². The van der Waals surface area contributed by atoms with Gasteiger partial charge in [0.25, 0.3) is 0 Å². The van der Waals surface area contributed by atoms with E-state index < -0.39 is 6.09 Å². The summed E-state index contributed by atoms with van der Waals surface area (Å²) in [5, 5.41) is 13.4. The monoisotopic (exact) mass is 296 g/mol. The lowest BCUT2D eigenvalue weighted by atomic mass is 10.3. The van der Waals surface area contributed by atoms with E-state index in [0.29, 0.717) is 16.5 Å². The van der Waals surface area contributed by atoms with E-state index in [1.54, 1.807) is 24.5 Å². The second-order valence-electron chi connectivity index (χ2n) is 3.15. The standard InChI is InChI=1S/C11H12N4O2S2/c1-17-11(16)15-10(18-2)14-9-5-7(19-6-12)3-4-8(9)13/h3-5H,13H2,1-2H3,(H,14,15,16). The molecule has 1 aromatic rings. The molecule has 0 unspecified atom stereocenters. The van der Waals surface area contributed by atoms with Gasteiger partial charge in [0, 0.05) is 4.90 Å². The van der Waals surface area contributed by atoms with Crippen molar-refractivity contribution in [1.82, 2.24) is 5.32 Å². The van der Waals surface area contributed by atoms with Gasteiger partial charge in [0.05, 0.1) is 18.5 Å². The van der Waals surface area contributed by atoms with Crippen LogP contribution >= 0.6 is 23.5 Å². The molecule has 0 radical (unpaired) electrons. The van der Waals surface area contributed by atoms with Crippen LogP contribution in [0.4, 0.5) is 16.2 Å². The van der Waals surface area contributed by atoms with Crippen LogP contribution in [0.2, 0.25) is 0 Å². The van der Waals surface area contributed by atoms with Crippen molar-refractivity contribution < 1.29 is 9.53 Å². The minimum Gasteiger partial charge on any atom is -0.453 e. The van der Waals surface area contributed by atoms with Crippen LogP contribution in [0, 0.1) is 10.7 Å². The van der Waals surface area contributed by atoms with Gasteiger partial charge in [-0.2, -0.15) is 5.26 Å². The molecule has 0 heterocycles. The van der Waals surface area contributed by atoms with Gasteiger partial charge in [-0.15, -0.1) is 0 Å². The largest absolute Gasteiger partial charge is 0.453 e. The van der Waals surface area contributed by atoms with Crippen molar-refractivity contribution in [2.75, 3.05) is 19.1 Å². The van der Waals surface area contributed by atoms with Crippen LogP contribution in [-0.2, 0) is 4.74 Å². The fourth-order valence-corrected chi connectivity index (χ4v) is 1.90. The minimum absolute atomic E-state index is 0.359. The second kappa shape index (κ2) is 7.56. The van der Waals surface area contributed by atoms with Crippen LogP contribution in [0.1, 0.15) is 0 Å². The first-order valence-electron chi connectivity index (χ1n) is 5.03. The SMILES string of the molecule is COC(=O)NC(=Nc1cc(SC#N)ccc1N)SC. The molecule has 0 aliphatic carbocycles. The third-order valence-corrected chi connectivity index (χ3v) is 3.14. The molecule has 0 aliphatic rings. The van der Waals surface area contributed by atoms with Crippen molar-refractivity contribution in [2.24, 2.45) is 4.99 Å². The molecule has 0 atom stereocenters. The highest BCUT2D eigenvalue weighted by Gasteiger charge is 2.07. The van der Waals surface area contributed by atoms with Crippen LogP contribution in [0.5, 0.6) is 0 Å². The van der Waals surface area contributed by atoms with Crippen molar-refractivity contribution in [3.8, 4) is 5.40 Å². The normalized spacial score (nSPS) is 10.7. The molecular weight excluding hydrogens is 284 g/mol. The van der Waals surface area contributed by atoms with Crippen molar-refractivity contribution in [1.29, 1.82) is 5.26 Å². The van der Waals surface area contributed by atoms with E-state index in [1.807, 2.05) is 5.40 Å². The first-order valence-corrected chi connectivity index (χ1v) is 7.08. The number of nitrogen functional groups attached to an aromatic ring is 1. The second-order valence-corrected chi connectivity index (χ2v) is 4.80. The van der Waals surface area contributed by atoms with Crippen LogP contribution < -0.4 is 11.1 Å². The zero-order chi connectivity index (χ0) is 14.3. The first-order chi connectivity index (χ1) is 9.10. The summed E-state index contributed by atoms with van der Waals surface area (Å²) in [4.78, 5) is 16.1. The number of thioether (sulfide) groups is 2. The zero-order valence-corrected chi connectivity index (χ0v) is 12.0. The Morgan fingerprint density at radius 1 is 1.58 bits per heavy atom. The summed E-state index contributed by atoms with van der Waals surface area (Å²) in [5.74, 6) is 0. The molecule has 3 N–H and O–H groups in total. The number of ether oxygens (including phenoxy) is 1. The topological polar surface area (TPSA) is 100 Å². The van der Waals surface area contributed by atoms with Crippen LogP contribution in [0.3, 0.4) is 0 Å². The molecular formula is C11H12N4O2S2. The number of benzene rings is 1. The van der Waals surface area contributed by atoms with E-state index in [2.05, 4.69) is 15.0 Å². The zero-order valence-electron chi connectivity index (χ0n) is 10.3. The maximum Gasteiger partial charge on any atom is 0.412 e. The van der Waals surface area contributed by atoms with Crippen LogP contribution in [0.15, 0.2) is 28.1 Å². The Balaban J connectivity index is 3.03. The lowest BCUT2D eigenvalue weighted by Crippen LogP contribution is -2.27. The molecule has 0 saturated carbocycles. The van der Waals surface area contributed by atoms with Crippen molar-refractivity contribution in [3.63, 3.8) is 0 Å². The number of anilines is 1. The molecule has 8 heteroatoms. The molecule has 100 valence electrons. The van der Waals surface area contributed by atoms with Gasteiger partial charge in [-0.05, 0) is 36.2 Å². The number of methoxy groups -OCH3 is 1. The predicted octanol–water partition coefficient (Wildman–Crippen LogP) is 2.55. The smallest absolute Gasteiger partial charge is 0.412 e. The first kappa shape index (κ1) is 15.2. The van der Waals surface area contributed by atoms with E-state index in [0.717, 1.165) is 16.7 Å². The number of nitrogens with zero attached hydrogens (tertiary/aromatic N) is 2. The molecule has 6 nitrogen and oxygen atoms in total. The Morgan fingerprint density at radius 3 is 2.89 bits per heavy atom. The van der Waals surface area contributed by atoms with E-state index >= 15 is 0 Å². The fourth-order valence-electron chi connectivity index (χ4n) is 1.11. The van der Waals surface area contributed by atoms with Gasteiger partial charge in [-0.3, -0.25) is 5.32 Å². The van der Waals surface area contributed by atoms with Crippen molar-refractivity contribution >= 4 is 46.2 Å². The lowest BCUT2D eigenvalue weighted by Gasteiger charge is -2.07. The number of rotatable bonds is 2. The third kappa shape index (κ3) is 4.73. The summed E-state index contributed by atoms with van der Waals surface area (Å²) < 4.78 is 4.49. The number of hydrogen-bond donors (Lipinski definition) is 2. The van der Waals surface area contributed by atoms with Gasteiger partial charge in [-0.25, -0.2) is 9.79 Å². The number of hydrogen-bond acceptors (Lipinski definition) is 7. The average Bonchev–Trinajstić information content (AvgIpc) is 2.41. The highest BCUT2D eigenvalue weighted by atomic mass is 32.2. The number of carbonyl (C=O) groups excluding carboxylic acids is 1. The van der Waals surface area contributed by atoms with Gasteiger partial charge in [0.15, 0.2) is 5.17 Å². The Kier molecular flexibility index (Phi) is 6.05. The number of nitrogens with one attached hydrogen (secondary N) is 1. The summed E-state index contributed by atoms with van der Waals surface area (Å²) in [6, 6.07) is 5.07.